The van der Waals surface area contributed by atoms with Crippen LogP contribution in [0.25, 0.3) is 11.1 Å². The lowest BCUT2D eigenvalue weighted by Gasteiger charge is -2.09. The molecule has 0 amide bonds. The highest BCUT2D eigenvalue weighted by Crippen LogP contribution is 2.31. The molecule has 0 bridgehead atoms. The second-order valence-electron chi connectivity index (χ2n) is 4.38. The fourth-order valence-electron chi connectivity index (χ4n) is 1.95. The maximum absolute atomic E-state index is 10.6. The largest absolute Gasteiger partial charge is 0.424 e. The van der Waals surface area contributed by atoms with Gasteiger partial charge in [0.05, 0.1) is 5.56 Å². The van der Waals surface area contributed by atoms with E-state index in [0.29, 0.717) is 17.6 Å². The molecule has 0 unspecified atom stereocenters. The normalized spacial score (nSPS) is 10.1. The van der Waals surface area contributed by atoms with Crippen LogP contribution in [0.2, 0.25) is 0 Å². The summed E-state index contributed by atoms with van der Waals surface area (Å²) in [7, 11) is 0. The van der Waals surface area contributed by atoms with Gasteiger partial charge in [0.1, 0.15) is 5.75 Å². The lowest BCUT2D eigenvalue weighted by atomic mass is 10.1. The first-order valence-electron chi connectivity index (χ1n) is 6.46. The molecule has 0 saturated heterocycles. The predicted molar refractivity (Wildman–Crippen MR) is 79.4 cm³/mol. The third kappa shape index (κ3) is 2.95. The Kier molecular flexibility index (Phi) is 3.69. The lowest BCUT2D eigenvalue weighted by Crippen LogP contribution is -1.94. The summed E-state index contributed by atoms with van der Waals surface area (Å²) in [6.07, 6.45) is 3.56. The molecule has 0 N–H and O–H groups in total. The van der Waals surface area contributed by atoms with Crippen LogP contribution in [0.1, 0.15) is 10.4 Å². The second kappa shape index (κ2) is 5.96. The zero-order chi connectivity index (χ0) is 14.5. The summed E-state index contributed by atoms with van der Waals surface area (Å²) < 4.78 is 5.73. The van der Waals surface area contributed by atoms with Gasteiger partial charge in [-0.25, -0.2) is 9.97 Å². The monoisotopic (exact) mass is 276 g/mol. The summed E-state index contributed by atoms with van der Waals surface area (Å²) in [5.41, 5.74) is 2.43. The van der Waals surface area contributed by atoms with Crippen LogP contribution in [0, 0.1) is 0 Å². The van der Waals surface area contributed by atoms with E-state index in [9.17, 15) is 4.79 Å². The lowest BCUT2D eigenvalue weighted by molar-refractivity contribution is 0.112. The number of aldehydes is 1. The Morgan fingerprint density at radius 3 is 2.24 bits per heavy atom. The highest BCUT2D eigenvalue weighted by molar-refractivity contribution is 5.73. The van der Waals surface area contributed by atoms with Crippen LogP contribution in [0.3, 0.4) is 0 Å². The van der Waals surface area contributed by atoms with E-state index in [0.717, 1.165) is 11.1 Å². The fraction of sp³-hybridized carbons (Fsp3) is 0. The number of para-hydroxylation sites is 1. The van der Waals surface area contributed by atoms with Crippen LogP contribution < -0.4 is 4.74 Å². The maximum atomic E-state index is 10.6. The second-order valence-corrected chi connectivity index (χ2v) is 4.38. The Bertz CT molecular complexity index is 740. The Balaban J connectivity index is 1.93. The average Bonchev–Trinajstić information content (AvgIpc) is 2.57. The summed E-state index contributed by atoms with van der Waals surface area (Å²) in [4.78, 5) is 18.6. The van der Waals surface area contributed by atoms with E-state index in [1.54, 1.807) is 0 Å². The van der Waals surface area contributed by atoms with Crippen molar-refractivity contribution < 1.29 is 9.53 Å². The molecule has 0 fully saturated rings. The topological polar surface area (TPSA) is 52.1 Å². The predicted octanol–water partition coefficient (Wildman–Crippen LogP) is 3.75. The summed E-state index contributed by atoms with van der Waals surface area (Å²) in [6.45, 7) is 0. The van der Waals surface area contributed by atoms with Gasteiger partial charge in [-0.1, -0.05) is 48.5 Å². The summed E-state index contributed by atoms with van der Waals surface area (Å²) in [5, 5.41) is 0. The van der Waals surface area contributed by atoms with Crippen molar-refractivity contribution >= 4 is 6.29 Å². The van der Waals surface area contributed by atoms with Gasteiger partial charge >= 0.3 is 6.01 Å². The minimum absolute atomic E-state index is 0.212. The number of carbonyl (C=O) groups is 1. The SMILES string of the molecule is O=Cc1cnc(Oc2ccccc2-c2ccccc2)nc1. The number of hydrogen-bond acceptors (Lipinski definition) is 4. The third-order valence-electron chi connectivity index (χ3n) is 2.96. The first-order chi connectivity index (χ1) is 10.4. The van der Waals surface area contributed by atoms with Crippen LogP contribution in [0.4, 0.5) is 0 Å². The number of aromatic nitrogens is 2. The zero-order valence-corrected chi connectivity index (χ0v) is 11.1. The van der Waals surface area contributed by atoms with Gasteiger partial charge in [0, 0.05) is 18.0 Å². The van der Waals surface area contributed by atoms with Gasteiger partial charge in [-0.3, -0.25) is 4.79 Å². The standard InChI is InChI=1S/C17H12N2O2/c20-12-13-10-18-17(19-11-13)21-16-9-5-4-8-15(16)14-6-2-1-3-7-14/h1-12H. The van der Waals surface area contributed by atoms with Crippen molar-refractivity contribution in [1.82, 2.24) is 9.97 Å². The van der Waals surface area contributed by atoms with Crippen LogP contribution >= 0.6 is 0 Å². The van der Waals surface area contributed by atoms with Gasteiger partial charge in [-0.15, -0.1) is 0 Å². The molecule has 0 atom stereocenters. The average molecular weight is 276 g/mol. The van der Waals surface area contributed by atoms with Crippen molar-refractivity contribution in [1.29, 1.82) is 0 Å². The van der Waals surface area contributed by atoms with Gasteiger partial charge < -0.3 is 4.74 Å². The van der Waals surface area contributed by atoms with Crippen LogP contribution in [-0.2, 0) is 0 Å². The zero-order valence-electron chi connectivity index (χ0n) is 11.1. The molecule has 0 radical (unpaired) electrons. The summed E-state index contributed by atoms with van der Waals surface area (Å²) in [6, 6.07) is 17.8. The molecule has 0 aliphatic rings. The van der Waals surface area contributed by atoms with Crippen molar-refractivity contribution in [3.05, 3.63) is 72.6 Å². The Labute approximate surface area is 122 Å². The highest BCUT2D eigenvalue weighted by atomic mass is 16.5. The molecule has 3 rings (SSSR count). The Morgan fingerprint density at radius 2 is 1.52 bits per heavy atom. The molecule has 0 spiro atoms. The van der Waals surface area contributed by atoms with E-state index in [4.69, 9.17) is 4.74 Å². The summed E-state index contributed by atoms with van der Waals surface area (Å²) in [5.74, 6) is 0.669. The van der Waals surface area contributed by atoms with Crippen LogP contribution in [0.5, 0.6) is 11.8 Å². The molecular formula is C17H12N2O2. The van der Waals surface area contributed by atoms with E-state index >= 15 is 0 Å². The van der Waals surface area contributed by atoms with E-state index in [1.807, 2.05) is 54.6 Å². The van der Waals surface area contributed by atoms with Crippen molar-refractivity contribution in [2.24, 2.45) is 0 Å². The minimum atomic E-state index is 0.212. The molecule has 2 aromatic carbocycles. The quantitative estimate of drug-likeness (QED) is 0.681. The molecule has 1 aromatic heterocycles. The first kappa shape index (κ1) is 13.0. The fourth-order valence-corrected chi connectivity index (χ4v) is 1.95. The van der Waals surface area contributed by atoms with E-state index in [2.05, 4.69) is 9.97 Å². The van der Waals surface area contributed by atoms with E-state index in [1.165, 1.54) is 12.4 Å². The maximum Gasteiger partial charge on any atom is 0.321 e. The highest BCUT2D eigenvalue weighted by Gasteiger charge is 2.08. The van der Waals surface area contributed by atoms with E-state index in [-0.39, 0.29) is 6.01 Å². The third-order valence-corrected chi connectivity index (χ3v) is 2.96. The van der Waals surface area contributed by atoms with Crippen LogP contribution in [-0.4, -0.2) is 16.3 Å². The van der Waals surface area contributed by atoms with Gasteiger partial charge in [0.25, 0.3) is 0 Å². The van der Waals surface area contributed by atoms with Crippen molar-refractivity contribution in [3.63, 3.8) is 0 Å². The number of nitrogens with zero attached hydrogens (tertiary/aromatic N) is 2. The summed E-state index contributed by atoms with van der Waals surface area (Å²) >= 11 is 0. The van der Waals surface area contributed by atoms with Crippen molar-refractivity contribution in [2.45, 2.75) is 0 Å². The van der Waals surface area contributed by atoms with Crippen molar-refractivity contribution in [3.8, 4) is 22.9 Å². The molecule has 3 aromatic rings. The smallest absolute Gasteiger partial charge is 0.321 e. The molecule has 4 nitrogen and oxygen atoms in total. The van der Waals surface area contributed by atoms with Gasteiger partial charge in [-0.05, 0) is 11.6 Å². The van der Waals surface area contributed by atoms with Crippen molar-refractivity contribution in [2.75, 3.05) is 0 Å². The molecule has 0 saturated carbocycles. The number of ether oxygens (including phenoxy) is 1. The Hall–Kier alpha value is -3.01. The number of rotatable bonds is 4. The molecule has 21 heavy (non-hydrogen) atoms. The number of benzene rings is 2. The van der Waals surface area contributed by atoms with Gasteiger partial charge in [0.2, 0.25) is 0 Å². The number of carbonyl (C=O) groups excluding carboxylic acids is 1. The van der Waals surface area contributed by atoms with Gasteiger partial charge in [-0.2, -0.15) is 0 Å². The molecule has 4 heteroatoms. The number of hydrogen-bond donors (Lipinski definition) is 0. The first-order valence-corrected chi connectivity index (χ1v) is 6.46. The molecule has 1 heterocycles. The Morgan fingerprint density at radius 1 is 0.857 bits per heavy atom. The molecule has 102 valence electrons. The van der Waals surface area contributed by atoms with Gasteiger partial charge in [0.15, 0.2) is 6.29 Å². The molecule has 0 aliphatic carbocycles. The van der Waals surface area contributed by atoms with Crippen LogP contribution in [0.15, 0.2) is 67.0 Å². The molecule has 0 aliphatic heterocycles. The van der Waals surface area contributed by atoms with E-state index < -0.39 is 0 Å². The molecular weight excluding hydrogens is 264 g/mol. The minimum Gasteiger partial charge on any atom is -0.424 e.